The molecule has 0 amide bonds. The molecule has 6 nitrogen and oxygen atoms in total. The Kier molecular flexibility index (Phi) is 5.92. The molecule has 8 heteroatoms. The van der Waals surface area contributed by atoms with E-state index in [0.29, 0.717) is 18.7 Å². The number of sulfonamides is 1. The average Bonchev–Trinajstić information content (AvgIpc) is 2.47. The Bertz CT molecular complexity index is 600. The third kappa shape index (κ3) is 3.48. The first kappa shape index (κ1) is 16.9. The van der Waals surface area contributed by atoms with Crippen LogP contribution in [0.2, 0.25) is 0 Å². The van der Waals surface area contributed by atoms with Crippen molar-refractivity contribution in [1.29, 1.82) is 5.26 Å². The molecule has 1 unspecified atom stereocenters. The van der Waals surface area contributed by atoms with Gasteiger partial charge in [-0.1, -0.05) is 6.07 Å². The molecule has 1 aromatic rings. The molecule has 1 heterocycles. The largest absolute Gasteiger partial charge is 0.374 e. The van der Waals surface area contributed by atoms with Gasteiger partial charge >= 0.3 is 0 Å². The van der Waals surface area contributed by atoms with Crippen LogP contribution < -0.4 is 5.73 Å². The van der Waals surface area contributed by atoms with Crippen molar-refractivity contribution in [3.63, 3.8) is 0 Å². The number of nitrogens with two attached hydrogens (primary N) is 1. The maximum absolute atomic E-state index is 12.4. The molecule has 0 aliphatic carbocycles. The molecule has 0 aromatic heterocycles. The van der Waals surface area contributed by atoms with Crippen molar-refractivity contribution >= 4 is 22.4 Å². The van der Waals surface area contributed by atoms with E-state index in [1.807, 2.05) is 6.07 Å². The summed E-state index contributed by atoms with van der Waals surface area (Å²) in [6.07, 6.45) is -0.275. The molecule has 0 bridgehead atoms. The van der Waals surface area contributed by atoms with Gasteiger partial charge in [0.05, 0.1) is 29.2 Å². The van der Waals surface area contributed by atoms with Crippen LogP contribution in [-0.4, -0.2) is 45.1 Å². The lowest BCUT2D eigenvalue weighted by Crippen LogP contribution is -2.48. The van der Waals surface area contributed by atoms with Crippen LogP contribution in [0.3, 0.4) is 0 Å². The number of benzene rings is 1. The number of ether oxygens (including phenoxy) is 1. The average molecular weight is 318 g/mol. The minimum Gasteiger partial charge on any atom is -0.374 e. The zero-order chi connectivity index (χ0) is 13.9. The Morgan fingerprint density at radius 3 is 2.90 bits per heavy atom. The van der Waals surface area contributed by atoms with Crippen LogP contribution in [0.15, 0.2) is 29.2 Å². The molecular formula is C12H16ClN3O3S. The van der Waals surface area contributed by atoms with Gasteiger partial charge < -0.3 is 10.5 Å². The third-order valence-electron chi connectivity index (χ3n) is 2.97. The summed E-state index contributed by atoms with van der Waals surface area (Å²) in [4.78, 5) is 0.129. The number of nitriles is 1. The minimum absolute atomic E-state index is 0. The SMILES string of the molecule is Cl.N#Cc1cccc(S(=O)(=O)N2CCOC(CN)C2)c1. The van der Waals surface area contributed by atoms with E-state index in [9.17, 15) is 8.42 Å². The molecular weight excluding hydrogens is 302 g/mol. The zero-order valence-electron chi connectivity index (χ0n) is 10.7. The standard InChI is InChI=1S/C12H15N3O3S.ClH/c13-7-10-2-1-3-12(6-10)19(16,17)15-4-5-18-11(8-14)9-15;/h1-3,6,11H,4-5,8-9,14H2;1H. The number of nitrogens with zero attached hydrogens (tertiary/aromatic N) is 2. The summed E-state index contributed by atoms with van der Waals surface area (Å²) >= 11 is 0. The number of rotatable bonds is 3. The lowest BCUT2D eigenvalue weighted by atomic mass is 10.2. The first-order valence-corrected chi connectivity index (χ1v) is 7.34. The van der Waals surface area contributed by atoms with Crippen LogP contribution in [0.5, 0.6) is 0 Å². The highest BCUT2D eigenvalue weighted by Crippen LogP contribution is 2.19. The fraction of sp³-hybridized carbons (Fsp3) is 0.417. The first-order valence-electron chi connectivity index (χ1n) is 5.90. The van der Waals surface area contributed by atoms with Crippen LogP contribution in [0.25, 0.3) is 0 Å². The van der Waals surface area contributed by atoms with Gasteiger partial charge in [0.2, 0.25) is 10.0 Å². The summed E-state index contributed by atoms with van der Waals surface area (Å²) in [5, 5.41) is 8.82. The Labute approximate surface area is 124 Å². The Morgan fingerprint density at radius 2 is 2.25 bits per heavy atom. The fourth-order valence-corrected chi connectivity index (χ4v) is 3.43. The highest BCUT2D eigenvalue weighted by molar-refractivity contribution is 7.89. The Balaban J connectivity index is 0.00000200. The molecule has 2 rings (SSSR count). The van der Waals surface area contributed by atoms with E-state index in [-0.39, 0.29) is 36.5 Å². The molecule has 1 aliphatic rings. The van der Waals surface area contributed by atoms with Crippen LogP contribution in [0.1, 0.15) is 5.56 Å². The van der Waals surface area contributed by atoms with E-state index in [2.05, 4.69) is 0 Å². The predicted molar refractivity (Wildman–Crippen MR) is 76.0 cm³/mol. The summed E-state index contributed by atoms with van der Waals surface area (Å²) in [6.45, 7) is 1.16. The zero-order valence-corrected chi connectivity index (χ0v) is 12.4. The molecule has 1 atom stereocenters. The van der Waals surface area contributed by atoms with Gasteiger partial charge in [-0.3, -0.25) is 0 Å². The molecule has 0 saturated carbocycles. The summed E-state index contributed by atoms with van der Waals surface area (Å²) in [5.74, 6) is 0. The molecule has 1 aromatic carbocycles. The second kappa shape index (κ2) is 7.02. The monoisotopic (exact) mass is 317 g/mol. The van der Waals surface area contributed by atoms with Gasteiger partial charge in [-0.25, -0.2) is 8.42 Å². The van der Waals surface area contributed by atoms with Crippen molar-refractivity contribution in [2.45, 2.75) is 11.0 Å². The Hall–Kier alpha value is -1.17. The number of morpholine rings is 1. The predicted octanol–water partition coefficient (Wildman–Crippen LogP) is 0.328. The summed E-state index contributed by atoms with van der Waals surface area (Å²) in [7, 11) is -3.59. The van der Waals surface area contributed by atoms with Crippen LogP contribution >= 0.6 is 12.4 Å². The first-order chi connectivity index (χ1) is 9.07. The van der Waals surface area contributed by atoms with Crippen molar-refractivity contribution in [3.8, 4) is 6.07 Å². The molecule has 110 valence electrons. The van der Waals surface area contributed by atoms with Crippen molar-refractivity contribution in [2.24, 2.45) is 5.73 Å². The van der Waals surface area contributed by atoms with Crippen LogP contribution in [0, 0.1) is 11.3 Å². The van der Waals surface area contributed by atoms with Gasteiger partial charge in [0.25, 0.3) is 0 Å². The molecule has 2 N–H and O–H groups in total. The van der Waals surface area contributed by atoms with Gasteiger partial charge in [0, 0.05) is 19.6 Å². The van der Waals surface area contributed by atoms with E-state index in [4.69, 9.17) is 15.7 Å². The van der Waals surface area contributed by atoms with Gasteiger partial charge in [-0.15, -0.1) is 12.4 Å². The lowest BCUT2D eigenvalue weighted by molar-refractivity contribution is 0.00450. The maximum Gasteiger partial charge on any atom is 0.243 e. The highest BCUT2D eigenvalue weighted by Gasteiger charge is 2.30. The molecule has 1 aliphatic heterocycles. The smallest absolute Gasteiger partial charge is 0.243 e. The number of hydrogen-bond acceptors (Lipinski definition) is 5. The fourth-order valence-electron chi connectivity index (χ4n) is 1.93. The second-order valence-electron chi connectivity index (χ2n) is 4.23. The van der Waals surface area contributed by atoms with Gasteiger partial charge in [-0.2, -0.15) is 9.57 Å². The second-order valence-corrected chi connectivity index (χ2v) is 6.17. The van der Waals surface area contributed by atoms with Crippen LogP contribution in [0.4, 0.5) is 0 Å². The number of halogens is 1. The van der Waals surface area contributed by atoms with Gasteiger partial charge in [0.15, 0.2) is 0 Å². The summed E-state index contributed by atoms with van der Waals surface area (Å²) in [6, 6.07) is 7.93. The molecule has 1 saturated heterocycles. The minimum atomic E-state index is -3.59. The summed E-state index contributed by atoms with van der Waals surface area (Å²) < 4.78 is 31.6. The van der Waals surface area contributed by atoms with Crippen molar-refractivity contribution in [2.75, 3.05) is 26.2 Å². The van der Waals surface area contributed by atoms with Crippen molar-refractivity contribution in [1.82, 2.24) is 4.31 Å². The topological polar surface area (TPSA) is 96.4 Å². The summed E-state index contributed by atoms with van der Waals surface area (Å²) in [5.41, 5.74) is 5.83. The van der Waals surface area contributed by atoms with Gasteiger partial charge in [-0.05, 0) is 18.2 Å². The molecule has 1 fully saturated rings. The van der Waals surface area contributed by atoms with E-state index in [1.165, 1.54) is 16.4 Å². The maximum atomic E-state index is 12.4. The van der Waals surface area contributed by atoms with Gasteiger partial charge in [0.1, 0.15) is 0 Å². The van der Waals surface area contributed by atoms with E-state index >= 15 is 0 Å². The van der Waals surface area contributed by atoms with E-state index in [1.54, 1.807) is 12.1 Å². The third-order valence-corrected chi connectivity index (χ3v) is 4.83. The van der Waals surface area contributed by atoms with Crippen LogP contribution in [-0.2, 0) is 14.8 Å². The quantitative estimate of drug-likeness (QED) is 0.866. The van der Waals surface area contributed by atoms with Crippen molar-refractivity contribution in [3.05, 3.63) is 29.8 Å². The van der Waals surface area contributed by atoms with E-state index in [0.717, 1.165) is 0 Å². The lowest BCUT2D eigenvalue weighted by Gasteiger charge is -2.31. The molecule has 0 spiro atoms. The normalized spacial score (nSPS) is 19.9. The molecule has 0 radical (unpaired) electrons. The van der Waals surface area contributed by atoms with E-state index < -0.39 is 10.0 Å². The molecule has 20 heavy (non-hydrogen) atoms. The van der Waals surface area contributed by atoms with Crippen molar-refractivity contribution < 1.29 is 13.2 Å². The number of hydrogen-bond donors (Lipinski definition) is 1. The Morgan fingerprint density at radius 1 is 1.50 bits per heavy atom. The highest BCUT2D eigenvalue weighted by atomic mass is 35.5.